The smallest absolute Gasteiger partial charge is 0.266 e. The van der Waals surface area contributed by atoms with Gasteiger partial charge in [0.25, 0.3) is 5.91 Å². The molecule has 0 fully saturated rings. The normalized spacial score (nSPS) is 11.3. The molecule has 2 rings (SSSR count). The number of benzene rings is 1. The van der Waals surface area contributed by atoms with Gasteiger partial charge in [-0.25, -0.2) is 0 Å². The molecular weight excluding hydrogens is 364 g/mol. The zero-order chi connectivity index (χ0) is 21.6. The number of likely N-dealkylation sites (N-methyl/N-ethyl adjacent to an activating group) is 1. The number of aromatic nitrogens is 1. The lowest BCUT2D eigenvalue weighted by Gasteiger charge is -2.12. The maximum atomic E-state index is 12.7. The highest BCUT2D eigenvalue weighted by Crippen LogP contribution is 2.21. The summed E-state index contributed by atoms with van der Waals surface area (Å²) in [7, 11) is 1.57. The zero-order valence-electron chi connectivity index (χ0n) is 17.7. The van der Waals surface area contributed by atoms with E-state index in [9.17, 15) is 14.9 Å². The quantitative estimate of drug-likeness (QED) is 0.558. The Morgan fingerprint density at radius 3 is 2.55 bits per heavy atom. The van der Waals surface area contributed by atoms with Gasteiger partial charge in [0, 0.05) is 30.7 Å². The van der Waals surface area contributed by atoms with Crippen LogP contribution in [0, 0.1) is 31.1 Å². The number of carbonyl (C=O) groups is 2. The monoisotopic (exact) mass is 392 g/mol. The topological polar surface area (TPSA) is 86.9 Å². The Morgan fingerprint density at radius 1 is 1.24 bits per heavy atom. The maximum Gasteiger partial charge on any atom is 0.266 e. The van der Waals surface area contributed by atoms with E-state index in [0.717, 1.165) is 23.5 Å². The second-order valence-electron chi connectivity index (χ2n) is 7.46. The van der Waals surface area contributed by atoms with Gasteiger partial charge in [-0.05, 0) is 49.1 Å². The number of nitrogens with one attached hydrogen (secondary N) is 2. The average Bonchev–Trinajstić information content (AvgIpc) is 2.94. The van der Waals surface area contributed by atoms with Gasteiger partial charge in [0.2, 0.25) is 5.91 Å². The molecule has 0 saturated carbocycles. The maximum absolute atomic E-state index is 12.7. The van der Waals surface area contributed by atoms with Crippen molar-refractivity contribution >= 4 is 23.6 Å². The third-order valence-electron chi connectivity index (χ3n) is 4.72. The number of carbonyl (C=O) groups excluding carboxylic acids is 2. The lowest BCUT2D eigenvalue weighted by Crippen LogP contribution is -2.21. The van der Waals surface area contributed by atoms with Crippen molar-refractivity contribution in [2.24, 2.45) is 5.92 Å². The minimum atomic E-state index is -0.495. The molecule has 0 saturated heterocycles. The van der Waals surface area contributed by atoms with Crippen LogP contribution in [0.4, 0.5) is 5.69 Å². The second kappa shape index (κ2) is 9.74. The molecule has 2 N–H and O–H groups in total. The summed E-state index contributed by atoms with van der Waals surface area (Å²) >= 11 is 0. The van der Waals surface area contributed by atoms with Crippen molar-refractivity contribution in [2.45, 2.75) is 40.7 Å². The molecule has 0 spiro atoms. The largest absolute Gasteiger partial charge is 0.359 e. The van der Waals surface area contributed by atoms with E-state index in [1.54, 1.807) is 37.4 Å². The number of para-hydroxylation sites is 1. The first-order chi connectivity index (χ1) is 13.8. The van der Waals surface area contributed by atoms with Gasteiger partial charge in [0.1, 0.15) is 11.6 Å². The summed E-state index contributed by atoms with van der Waals surface area (Å²) in [5.41, 5.74) is 4.20. The van der Waals surface area contributed by atoms with Crippen LogP contribution in [0.1, 0.15) is 36.4 Å². The van der Waals surface area contributed by atoms with Gasteiger partial charge in [0.15, 0.2) is 0 Å². The Kier molecular flexibility index (Phi) is 7.38. The minimum absolute atomic E-state index is 0.0181. The van der Waals surface area contributed by atoms with Gasteiger partial charge in [0.05, 0.1) is 6.42 Å². The summed E-state index contributed by atoms with van der Waals surface area (Å²) in [6, 6.07) is 11.1. The third kappa shape index (κ3) is 5.58. The van der Waals surface area contributed by atoms with E-state index < -0.39 is 5.91 Å². The van der Waals surface area contributed by atoms with Crippen LogP contribution in [-0.2, 0) is 22.6 Å². The Morgan fingerprint density at radius 2 is 1.93 bits per heavy atom. The van der Waals surface area contributed by atoms with Crippen LogP contribution in [0.2, 0.25) is 0 Å². The molecule has 0 unspecified atom stereocenters. The highest BCUT2D eigenvalue weighted by molar-refractivity contribution is 6.10. The van der Waals surface area contributed by atoms with E-state index in [1.807, 2.05) is 26.0 Å². The zero-order valence-corrected chi connectivity index (χ0v) is 17.7. The second-order valence-corrected chi connectivity index (χ2v) is 7.46. The molecule has 0 radical (unpaired) electrons. The molecule has 1 aromatic carbocycles. The van der Waals surface area contributed by atoms with E-state index >= 15 is 0 Å². The van der Waals surface area contributed by atoms with Crippen LogP contribution in [0.3, 0.4) is 0 Å². The summed E-state index contributed by atoms with van der Waals surface area (Å²) < 4.78 is 2.20. The molecule has 2 aromatic rings. The molecular formula is C23H28N4O2. The standard InChI is InChI=1S/C23H28N4O2/c1-15(2)14-27-16(3)10-19(17(27)4)11-20(13-24)23(29)26-21-9-7-6-8-18(21)12-22(28)25-5/h6-11,15H,12,14H2,1-5H3,(H,25,28)(H,26,29)/b20-11+. The van der Waals surface area contributed by atoms with Crippen LogP contribution in [0.5, 0.6) is 0 Å². The highest BCUT2D eigenvalue weighted by Gasteiger charge is 2.15. The van der Waals surface area contributed by atoms with Crippen LogP contribution in [0.25, 0.3) is 6.08 Å². The van der Waals surface area contributed by atoms with E-state index in [2.05, 4.69) is 29.0 Å². The number of rotatable bonds is 7. The lowest BCUT2D eigenvalue weighted by molar-refractivity contribution is -0.120. The molecule has 0 aliphatic rings. The number of nitrogens with zero attached hydrogens (tertiary/aromatic N) is 2. The predicted molar refractivity (Wildman–Crippen MR) is 115 cm³/mol. The fourth-order valence-corrected chi connectivity index (χ4v) is 3.17. The fraction of sp³-hybridized carbons (Fsp3) is 0.348. The van der Waals surface area contributed by atoms with Crippen molar-refractivity contribution in [2.75, 3.05) is 12.4 Å². The first kappa shape index (κ1) is 22.0. The van der Waals surface area contributed by atoms with Gasteiger partial charge < -0.3 is 15.2 Å². The minimum Gasteiger partial charge on any atom is -0.359 e. The summed E-state index contributed by atoms with van der Waals surface area (Å²) in [6.45, 7) is 9.20. The highest BCUT2D eigenvalue weighted by atomic mass is 16.2. The van der Waals surface area contributed by atoms with Crippen LogP contribution in [0.15, 0.2) is 35.9 Å². The van der Waals surface area contributed by atoms with Crippen molar-refractivity contribution in [1.29, 1.82) is 5.26 Å². The summed E-state index contributed by atoms with van der Waals surface area (Å²) in [6.07, 6.45) is 1.77. The van der Waals surface area contributed by atoms with Crippen molar-refractivity contribution < 1.29 is 9.59 Å². The molecule has 0 bridgehead atoms. The Labute approximate surface area is 172 Å². The molecule has 6 nitrogen and oxygen atoms in total. The molecule has 1 aromatic heterocycles. The Bertz CT molecular complexity index is 977. The molecule has 1 heterocycles. The van der Waals surface area contributed by atoms with E-state index in [1.165, 1.54) is 0 Å². The molecule has 0 aliphatic carbocycles. The predicted octanol–water partition coefficient (Wildman–Crippen LogP) is 3.60. The van der Waals surface area contributed by atoms with Crippen LogP contribution in [-0.4, -0.2) is 23.4 Å². The Balaban J connectivity index is 2.29. The molecule has 0 aliphatic heterocycles. The summed E-state index contributed by atoms with van der Waals surface area (Å²) in [4.78, 5) is 24.4. The summed E-state index contributed by atoms with van der Waals surface area (Å²) in [5, 5.41) is 14.9. The van der Waals surface area contributed by atoms with Crippen molar-refractivity contribution in [3.05, 3.63) is 58.4 Å². The molecule has 152 valence electrons. The van der Waals surface area contributed by atoms with Gasteiger partial charge in [-0.15, -0.1) is 0 Å². The van der Waals surface area contributed by atoms with E-state index in [0.29, 0.717) is 17.2 Å². The molecule has 29 heavy (non-hydrogen) atoms. The van der Waals surface area contributed by atoms with Crippen molar-refractivity contribution in [1.82, 2.24) is 9.88 Å². The summed E-state index contributed by atoms with van der Waals surface area (Å²) in [5.74, 6) is -0.155. The van der Waals surface area contributed by atoms with Crippen molar-refractivity contribution in [3.63, 3.8) is 0 Å². The van der Waals surface area contributed by atoms with Crippen LogP contribution >= 0.6 is 0 Å². The third-order valence-corrected chi connectivity index (χ3v) is 4.72. The molecule has 6 heteroatoms. The van der Waals surface area contributed by atoms with Gasteiger partial charge in [-0.3, -0.25) is 9.59 Å². The number of anilines is 1. The average molecular weight is 393 g/mol. The number of nitriles is 1. The van der Waals surface area contributed by atoms with Crippen LogP contribution < -0.4 is 10.6 Å². The van der Waals surface area contributed by atoms with E-state index in [4.69, 9.17) is 0 Å². The van der Waals surface area contributed by atoms with Gasteiger partial charge in [-0.1, -0.05) is 32.0 Å². The number of amides is 2. The fourth-order valence-electron chi connectivity index (χ4n) is 3.17. The van der Waals surface area contributed by atoms with Gasteiger partial charge in [-0.2, -0.15) is 5.26 Å². The molecule has 2 amide bonds. The molecule has 0 atom stereocenters. The first-order valence-electron chi connectivity index (χ1n) is 9.65. The van der Waals surface area contributed by atoms with E-state index in [-0.39, 0.29) is 17.9 Å². The number of aryl methyl sites for hydroxylation is 1. The Hall–Kier alpha value is -3.33. The first-order valence-corrected chi connectivity index (χ1v) is 9.65. The van der Waals surface area contributed by atoms with Crippen molar-refractivity contribution in [3.8, 4) is 6.07 Å². The SMILES string of the molecule is CNC(=O)Cc1ccccc1NC(=O)/C(C#N)=C/c1cc(C)n(CC(C)C)c1C. The number of hydrogen-bond acceptors (Lipinski definition) is 3. The van der Waals surface area contributed by atoms with Gasteiger partial charge >= 0.3 is 0 Å². The number of hydrogen-bond donors (Lipinski definition) is 2. The lowest BCUT2D eigenvalue weighted by atomic mass is 10.1.